The Morgan fingerprint density at radius 2 is 2.26 bits per heavy atom. The molecule has 1 aromatic carbocycles. The molecule has 0 aliphatic rings. The second-order valence-electron chi connectivity index (χ2n) is 4.05. The van der Waals surface area contributed by atoms with E-state index in [9.17, 15) is 14.9 Å². The summed E-state index contributed by atoms with van der Waals surface area (Å²) in [6.45, 7) is 1.83. The number of rotatable bonds is 2. The fourth-order valence-corrected chi connectivity index (χ4v) is 2.10. The SMILES string of the molecule is CCc1cc2c(cc1[N+](=O)[O-])nc(=O)n1[nH]cnc21. The van der Waals surface area contributed by atoms with Crippen molar-refractivity contribution in [1.29, 1.82) is 0 Å². The van der Waals surface area contributed by atoms with E-state index in [1.165, 1.54) is 16.9 Å². The van der Waals surface area contributed by atoms with E-state index in [2.05, 4.69) is 15.1 Å². The third-order valence-electron chi connectivity index (χ3n) is 3.01. The predicted octanol–water partition coefficient (Wildman–Crippen LogP) is 1.04. The van der Waals surface area contributed by atoms with Gasteiger partial charge in [-0.15, -0.1) is 0 Å². The average Bonchev–Trinajstić information content (AvgIpc) is 2.87. The van der Waals surface area contributed by atoms with E-state index < -0.39 is 10.6 Å². The van der Waals surface area contributed by atoms with Gasteiger partial charge in [0, 0.05) is 17.0 Å². The summed E-state index contributed by atoms with van der Waals surface area (Å²) >= 11 is 0. The molecule has 3 rings (SSSR count). The smallest absolute Gasteiger partial charge is 0.278 e. The van der Waals surface area contributed by atoms with Crippen LogP contribution in [-0.4, -0.2) is 24.5 Å². The van der Waals surface area contributed by atoms with Crippen LogP contribution in [0.15, 0.2) is 23.3 Å². The average molecular weight is 259 g/mol. The molecule has 19 heavy (non-hydrogen) atoms. The van der Waals surface area contributed by atoms with Crippen LogP contribution in [-0.2, 0) is 6.42 Å². The van der Waals surface area contributed by atoms with Gasteiger partial charge in [-0.3, -0.25) is 15.2 Å². The van der Waals surface area contributed by atoms with E-state index in [0.717, 1.165) is 0 Å². The Morgan fingerprint density at radius 1 is 1.47 bits per heavy atom. The van der Waals surface area contributed by atoms with Crippen molar-refractivity contribution < 1.29 is 4.92 Å². The highest BCUT2D eigenvalue weighted by Crippen LogP contribution is 2.26. The summed E-state index contributed by atoms with van der Waals surface area (Å²) in [5, 5.41) is 14.3. The highest BCUT2D eigenvalue weighted by molar-refractivity contribution is 5.93. The lowest BCUT2D eigenvalue weighted by molar-refractivity contribution is -0.385. The standard InChI is InChI=1S/C11H9N5O3/c1-2-6-3-7-8(4-9(6)16(18)19)14-11(17)15-10(7)12-5-13-15/h3-5H,2H2,1H3,(H,12,13). The number of nitro groups is 1. The van der Waals surface area contributed by atoms with Gasteiger partial charge in [-0.05, 0) is 12.5 Å². The molecule has 0 radical (unpaired) electrons. The quantitative estimate of drug-likeness (QED) is 0.546. The molecule has 3 aromatic rings. The number of nitro benzene ring substituents is 1. The molecule has 0 fully saturated rings. The lowest BCUT2D eigenvalue weighted by Crippen LogP contribution is -2.17. The molecule has 0 aliphatic heterocycles. The Bertz CT molecular complexity index is 864. The number of benzene rings is 1. The van der Waals surface area contributed by atoms with Crippen LogP contribution in [0.2, 0.25) is 0 Å². The molecule has 0 amide bonds. The van der Waals surface area contributed by atoms with Gasteiger partial charge in [0.25, 0.3) is 5.69 Å². The number of aryl methyl sites for hydroxylation is 1. The molecule has 1 N–H and O–H groups in total. The van der Waals surface area contributed by atoms with Crippen LogP contribution in [0.3, 0.4) is 0 Å². The van der Waals surface area contributed by atoms with Crippen LogP contribution in [0.1, 0.15) is 12.5 Å². The van der Waals surface area contributed by atoms with Gasteiger partial charge in [-0.2, -0.15) is 9.50 Å². The maximum Gasteiger partial charge on any atom is 0.369 e. The molecule has 0 spiro atoms. The van der Waals surface area contributed by atoms with E-state index in [-0.39, 0.29) is 11.2 Å². The lowest BCUT2D eigenvalue weighted by Gasteiger charge is -2.03. The maximum atomic E-state index is 11.7. The van der Waals surface area contributed by atoms with E-state index >= 15 is 0 Å². The third-order valence-corrected chi connectivity index (χ3v) is 3.01. The number of aromatic nitrogens is 4. The molecule has 8 heteroatoms. The number of H-pyrrole nitrogens is 1. The van der Waals surface area contributed by atoms with Crippen LogP contribution in [0.4, 0.5) is 5.69 Å². The van der Waals surface area contributed by atoms with E-state index in [4.69, 9.17) is 0 Å². The van der Waals surface area contributed by atoms with Crippen molar-refractivity contribution in [3.8, 4) is 0 Å². The molecular formula is C11H9N5O3. The third kappa shape index (κ3) is 1.57. The zero-order chi connectivity index (χ0) is 13.6. The number of hydrogen-bond acceptors (Lipinski definition) is 5. The highest BCUT2D eigenvalue weighted by atomic mass is 16.6. The monoisotopic (exact) mass is 259 g/mol. The van der Waals surface area contributed by atoms with Gasteiger partial charge < -0.3 is 0 Å². The number of fused-ring (bicyclic) bond motifs is 3. The number of hydrogen-bond donors (Lipinski definition) is 1. The van der Waals surface area contributed by atoms with Crippen LogP contribution in [0.25, 0.3) is 16.6 Å². The van der Waals surface area contributed by atoms with Crippen molar-refractivity contribution in [1.82, 2.24) is 19.6 Å². The minimum Gasteiger partial charge on any atom is -0.278 e. The fraction of sp³-hybridized carbons (Fsp3) is 0.182. The molecule has 0 saturated carbocycles. The predicted molar refractivity (Wildman–Crippen MR) is 67.1 cm³/mol. The Kier molecular flexibility index (Phi) is 2.31. The number of nitrogens with zero attached hydrogens (tertiary/aromatic N) is 4. The van der Waals surface area contributed by atoms with Gasteiger partial charge in [0.15, 0.2) is 5.65 Å². The van der Waals surface area contributed by atoms with Crippen molar-refractivity contribution in [2.24, 2.45) is 0 Å². The van der Waals surface area contributed by atoms with E-state index in [0.29, 0.717) is 23.0 Å². The summed E-state index contributed by atoms with van der Waals surface area (Å²) in [6.07, 6.45) is 1.90. The summed E-state index contributed by atoms with van der Waals surface area (Å²) in [4.78, 5) is 30.1. The first kappa shape index (κ1) is 11.3. The van der Waals surface area contributed by atoms with Gasteiger partial charge in [0.2, 0.25) is 0 Å². The summed E-state index contributed by atoms with van der Waals surface area (Å²) < 4.78 is 1.20. The highest BCUT2D eigenvalue weighted by Gasteiger charge is 2.17. The summed E-state index contributed by atoms with van der Waals surface area (Å²) in [5.74, 6) is 0. The Labute approximate surface area is 105 Å². The second kappa shape index (κ2) is 3.87. The van der Waals surface area contributed by atoms with Crippen molar-refractivity contribution in [2.45, 2.75) is 13.3 Å². The van der Waals surface area contributed by atoms with Gasteiger partial charge in [0.1, 0.15) is 6.33 Å². The molecule has 0 atom stereocenters. The minimum absolute atomic E-state index is 0.0261. The molecule has 2 heterocycles. The summed E-state index contributed by atoms with van der Waals surface area (Å²) in [5.41, 5.74) is 0.712. The number of aromatic amines is 1. The maximum absolute atomic E-state index is 11.7. The molecule has 0 saturated heterocycles. The zero-order valence-electron chi connectivity index (χ0n) is 9.95. The Hall–Kier alpha value is -2.77. The number of nitrogens with one attached hydrogen (secondary N) is 1. The summed E-state index contributed by atoms with van der Waals surface area (Å²) in [6, 6.07) is 2.99. The van der Waals surface area contributed by atoms with E-state index in [1.54, 1.807) is 6.07 Å². The molecular weight excluding hydrogens is 250 g/mol. The topological polar surface area (TPSA) is 106 Å². The van der Waals surface area contributed by atoms with Crippen LogP contribution >= 0.6 is 0 Å². The summed E-state index contributed by atoms with van der Waals surface area (Å²) in [7, 11) is 0. The molecule has 0 aliphatic carbocycles. The van der Waals surface area contributed by atoms with E-state index in [1.807, 2.05) is 6.92 Å². The Morgan fingerprint density at radius 3 is 2.95 bits per heavy atom. The lowest BCUT2D eigenvalue weighted by atomic mass is 10.1. The molecule has 0 unspecified atom stereocenters. The minimum atomic E-state index is -0.543. The molecule has 96 valence electrons. The largest absolute Gasteiger partial charge is 0.369 e. The van der Waals surface area contributed by atoms with Crippen LogP contribution in [0, 0.1) is 10.1 Å². The van der Waals surface area contributed by atoms with Crippen molar-refractivity contribution in [3.63, 3.8) is 0 Å². The second-order valence-corrected chi connectivity index (χ2v) is 4.05. The first-order valence-electron chi connectivity index (χ1n) is 5.65. The van der Waals surface area contributed by atoms with Gasteiger partial charge in [0.05, 0.1) is 10.4 Å². The van der Waals surface area contributed by atoms with Crippen molar-refractivity contribution >= 4 is 22.2 Å². The van der Waals surface area contributed by atoms with Crippen molar-refractivity contribution in [3.05, 3.63) is 44.6 Å². The van der Waals surface area contributed by atoms with Gasteiger partial charge in [-0.1, -0.05) is 6.92 Å². The molecule has 8 nitrogen and oxygen atoms in total. The molecule has 0 bridgehead atoms. The van der Waals surface area contributed by atoms with Gasteiger partial charge in [-0.25, -0.2) is 9.78 Å². The van der Waals surface area contributed by atoms with Crippen LogP contribution in [0.5, 0.6) is 0 Å². The van der Waals surface area contributed by atoms with Gasteiger partial charge >= 0.3 is 5.69 Å². The fourth-order valence-electron chi connectivity index (χ4n) is 2.10. The zero-order valence-corrected chi connectivity index (χ0v) is 9.95. The first-order valence-corrected chi connectivity index (χ1v) is 5.65. The Balaban J connectivity index is 2.51. The first-order chi connectivity index (χ1) is 9.11. The normalized spacial score (nSPS) is 11.2. The van der Waals surface area contributed by atoms with Crippen molar-refractivity contribution in [2.75, 3.05) is 0 Å². The molecule has 2 aromatic heterocycles. The van der Waals surface area contributed by atoms with Crippen LogP contribution < -0.4 is 5.69 Å².